The number of amides is 3. The lowest BCUT2D eigenvalue weighted by molar-refractivity contribution is -0.733. The van der Waals surface area contributed by atoms with Crippen LogP contribution in [-0.2, 0) is 19.9 Å². The van der Waals surface area contributed by atoms with Crippen LogP contribution < -0.4 is 10.6 Å². The maximum Gasteiger partial charge on any atom is 0.291 e. The van der Waals surface area contributed by atoms with Gasteiger partial charge in [0.1, 0.15) is 17.9 Å². The highest BCUT2D eigenvalue weighted by molar-refractivity contribution is 7.98. The molecular formula is C20H25ClN3O3S+. The van der Waals surface area contributed by atoms with Crippen LogP contribution in [0.4, 0.5) is 5.69 Å². The second-order valence-corrected chi connectivity index (χ2v) is 10.2. The van der Waals surface area contributed by atoms with Crippen LogP contribution in [0.2, 0.25) is 5.02 Å². The van der Waals surface area contributed by atoms with Gasteiger partial charge in [-0.3, -0.25) is 19.3 Å². The summed E-state index contributed by atoms with van der Waals surface area (Å²) in [5.41, 5.74) is -0.496. The maximum absolute atomic E-state index is 13.5. The average Bonchev–Trinajstić information content (AvgIpc) is 3.19. The van der Waals surface area contributed by atoms with Crippen molar-refractivity contribution >= 4 is 46.8 Å². The lowest BCUT2D eigenvalue weighted by Gasteiger charge is -2.33. The first-order chi connectivity index (χ1) is 13.1. The Morgan fingerprint density at radius 1 is 1.25 bits per heavy atom. The third-order valence-corrected chi connectivity index (χ3v) is 7.14. The van der Waals surface area contributed by atoms with Crippen molar-refractivity contribution < 1.29 is 19.7 Å². The first-order valence-corrected chi connectivity index (χ1v) is 11.2. The van der Waals surface area contributed by atoms with Crippen LogP contribution in [0.25, 0.3) is 0 Å². The molecule has 1 spiro atoms. The predicted octanol–water partition coefficient (Wildman–Crippen LogP) is 1.59. The number of carbonyl (C=O) groups is 3. The maximum atomic E-state index is 13.5. The van der Waals surface area contributed by atoms with E-state index in [9.17, 15) is 14.4 Å². The van der Waals surface area contributed by atoms with E-state index in [4.69, 9.17) is 11.6 Å². The smallest absolute Gasteiger partial charge is 0.291 e. The molecule has 0 aliphatic carbocycles. The molecule has 150 valence electrons. The number of quaternary nitrogens is 1. The van der Waals surface area contributed by atoms with Gasteiger partial charge in [0.25, 0.3) is 5.91 Å². The van der Waals surface area contributed by atoms with E-state index < -0.39 is 22.9 Å². The summed E-state index contributed by atoms with van der Waals surface area (Å²) < 4.78 is 0. The quantitative estimate of drug-likeness (QED) is 0.724. The normalized spacial score (nSPS) is 31.5. The number of imide groups is 1. The zero-order valence-electron chi connectivity index (χ0n) is 16.4. The number of benzene rings is 1. The molecule has 2 saturated heterocycles. The SMILES string of the molecule is CSCC[C@H]1[NH2+][C@@]2(C(=O)Nc3c(Cl)cccc32)[C@@H]2C(=O)N(C(C)(C)C)C(=O)[C@@H]21. The van der Waals surface area contributed by atoms with E-state index >= 15 is 0 Å². The molecule has 0 aromatic heterocycles. The topological polar surface area (TPSA) is 83.1 Å². The predicted molar refractivity (Wildman–Crippen MR) is 109 cm³/mol. The summed E-state index contributed by atoms with van der Waals surface area (Å²) >= 11 is 8.03. The minimum Gasteiger partial charge on any atom is -0.326 e. The van der Waals surface area contributed by atoms with Gasteiger partial charge in [0, 0.05) is 17.5 Å². The molecule has 0 radical (unpaired) electrons. The van der Waals surface area contributed by atoms with Gasteiger partial charge in [0.05, 0.1) is 10.7 Å². The number of carbonyl (C=O) groups excluding carboxylic acids is 3. The Hall–Kier alpha value is -1.57. The van der Waals surface area contributed by atoms with E-state index in [1.165, 1.54) is 4.90 Å². The molecule has 0 bridgehead atoms. The summed E-state index contributed by atoms with van der Waals surface area (Å²) in [4.78, 5) is 41.6. The Balaban J connectivity index is 1.89. The Labute approximate surface area is 173 Å². The zero-order valence-corrected chi connectivity index (χ0v) is 18.0. The fourth-order valence-corrected chi connectivity index (χ4v) is 5.86. The molecule has 3 N–H and O–H groups in total. The van der Waals surface area contributed by atoms with Gasteiger partial charge >= 0.3 is 0 Å². The molecule has 2 fully saturated rings. The lowest BCUT2D eigenvalue weighted by atomic mass is 9.76. The van der Waals surface area contributed by atoms with Crippen LogP contribution in [0, 0.1) is 11.8 Å². The zero-order chi connectivity index (χ0) is 20.4. The largest absolute Gasteiger partial charge is 0.326 e. The van der Waals surface area contributed by atoms with Crippen LogP contribution in [0.1, 0.15) is 32.8 Å². The molecule has 4 rings (SSSR count). The number of anilines is 1. The van der Waals surface area contributed by atoms with Crippen molar-refractivity contribution in [3.63, 3.8) is 0 Å². The minimum absolute atomic E-state index is 0.128. The first-order valence-electron chi connectivity index (χ1n) is 9.48. The number of nitrogens with zero attached hydrogens (tertiary/aromatic N) is 1. The number of hydrogen-bond donors (Lipinski definition) is 2. The molecule has 4 atom stereocenters. The van der Waals surface area contributed by atoms with Crippen LogP contribution in [0.5, 0.6) is 0 Å². The number of hydrogen-bond acceptors (Lipinski definition) is 4. The van der Waals surface area contributed by atoms with E-state index in [0.717, 1.165) is 12.2 Å². The van der Waals surface area contributed by atoms with Crippen LogP contribution in [0.3, 0.4) is 0 Å². The molecular weight excluding hydrogens is 398 g/mol. The van der Waals surface area contributed by atoms with Gasteiger partial charge in [-0.05, 0) is 44.9 Å². The van der Waals surface area contributed by atoms with E-state index in [-0.39, 0.29) is 23.8 Å². The standard InChI is InChI=1S/C20H24ClN3O3S/c1-19(2,3)24-16(25)13-12(8-9-28-4)23-20(14(13)17(24)26)10-6-5-7-11(21)15(10)22-18(20)27/h5-7,12-14,23H,8-9H2,1-4H3,(H,22,27)/p+1/t12-,13-,14+,20-/m1/s1. The third-order valence-electron chi connectivity index (χ3n) is 6.18. The van der Waals surface area contributed by atoms with E-state index in [1.807, 2.05) is 38.4 Å². The summed E-state index contributed by atoms with van der Waals surface area (Å²) in [5.74, 6) is -1.03. The summed E-state index contributed by atoms with van der Waals surface area (Å²) in [7, 11) is 0. The Kier molecular flexibility index (Phi) is 4.56. The van der Waals surface area contributed by atoms with Crippen molar-refractivity contribution in [2.24, 2.45) is 11.8 Å². The number of fused-ring (bicyclic) bond motifs is 4. The van der Waals surface area contributed by atoms with Crippen LogP contribution in [-0.4, -0.2) is 46.2 Å². The molecule has 0 unspecified atom stereocenters. The summed E-state index contributed by atoms with van der Waals surface area (Å²) in [6.07, 6.45) is 2.77. The van der Waals surface area contributed by atoms with Crippen molar-refractivity contribution in [3.05, 3.63) is 28.8 Å². The van der Waals surface area contributed by atoms with E-state index in [2.05, 4.69) is 5.32 Å². The van der Waals surface area contributed by atoms with Gasteiger partial charge in [-0.15, -0.1) is 0 Å². The van der Waals surface area contributed by atoms with Crippen molar-refractivity contribution in [3.8, 4) is 0 Å². The number of nitrogens with two attached hydrogens (primary N) is 1. The molecule has 1 aromatic carbocycles. The highest BCUT2D eigenvalue weighted by Crippen LogP contribution is 2.51. The average molecular weight is 423 g/mol. The molecule has 28 heavy (non-hydrogen) atoms. The van der Waals surface area contributed by atoms with Gasteiger partial charge < -0.3 is 10.6 Å². The number of nitrogens with one attached hydrogen (secondary N) is 1. The highest BCUT2D eigenvalue weighted by Gasteiger charge is 2.74. The fraction of sp³-hybridized carbons (Fsp3) is 0.550. The van der Waals surface area contributed by atoms with Gasteiger partial charge in [0.2, 0.25) is 17.4 Å². The summed E-state index contributed by atoms with van der Waals surface area (Å²) in [6.45, 7) is 5.57. The second kappa shape index (κ2) is 6.47. The molecule has 1 aromatic rings. The molecule has 3 aliphatic heterocycles. The Bertz CT molecular complexity index is 884. The molecule has 0 saturated carbocycles. The fourth-order valence-electron chi connectivity index (χ4n) is 5.13. The number of likely N-dealkylation sites (tertiary alicyclic amines) is 1. The lowest BCUT2D eigenvalue weighted by Crippen LogP contribution is -2.99. The van der Waals surface area contributed by atoms with Gasteiger partial charge in [-0.25, -0.2) is 0 Å². The molecule has 3 heterocycles. The third kappa shape index (κ3) is 2.49. The first kappa shape index (κ1) is 19.7. The van der Waals surface area contributed by atoms with Crippen LogP contribution in [0.15, 0.2) is 18.2 Å². The van der Waals surface area contributed by atoms with Crippen molar-refractivity contribution in [2.45, 2.75) is 44.3 Å². The summed E-state index contributed by atoms with van der Waals surface area (Å²) in [6, 6.07) is 5.24. The van der Waals surface area contributed by atoms with Gasteiger partial charge in [0.15, 0.2) is 0 Å². The summed E-state index contributed by atoms with van der Waals surface area (Å²) in [5, 5.41) is 5.30. The number of halogens is 1. The van der Waals surface area contributed by atoms with E-state index in [1.54, 1.807) is 23.9 Å². The minimum atomic E-state index is -1.14. The van der Waals surface area contributed by atoms with Crippen molar-refractivity contribution in [1.29, 1.82) is 0 Å². The molecule has 8 heteroatoms. The molecule has 3 amide bonds. The van der Waals surface area contributed by atoms with Crippen molar-refractivity contribution in [1.82, 2.24) is 4.90 Å². The van der Waals surface area contributed by atoms with Gasteiger partial charge in [-0.2, -0.15) is 11.8 Å². The van der Waals surface area contributed by atoms with Crippen LogP contribution >= 0.6 is 23.4 Å². The second-order valence-electron chi connectivity index (χ2n) is 8.78. The van der Waals surface area contributed by atoms with Crippen molar-refractivity contribution in [2.75, 3.05) is 17.3 Å². The number of para-hydroxylation sites is 1. The Morgan fingerprint density at radius 2 is 1.96 bits per heavy atom. The number of thioether (sulfide) groups is 1. The monoisotopic (exact) mass is 422 g/mol. The molecule has 3 aliphatic rings. The molecule has 6 nitrogen and oxygen atoms in total. The highest BCUT2D eigenvalue weighted by atomic mass is 35.5. The Morgan fingerprint density at radius 3 is 2.61 bits per heavy atom. The number of rotatable bonds is 3. The van der Waals surface area contributed by atoms with Gasteiger partial charge in [-0.1, -0.05) is 17.7 Å². The van der Waals surface area contributed by atoms with E-state index in [0.29, 0.717) is 16.3 Å².